The van der Waals surface area contributed by atoms with Crippen LogP contribution in [0.15, 0.2) is 65.1 Å². The third-order valence-corrected chi connectivity index (χ3v) is 29.7. The second-order valence-corrected chi connectivity index (χ2v) is 31.4. The Morgan fingerprint density at radius 1 is 0.483 bits per heavy atom. The van der Waals surface area contributed by atoms with Crippen LogP contribution in [-0.4, -0.2) is 67.2 Å². The van der Waals surface area contributed by atoms with Crippen LogP contribution < -0.4 is 22.5 Å². The molecule has 0 aliphatic heterocycles. The van der Waals surface area contributed by atoms with Crippen molar-refractivity contribution in [3.8, 4) is 65.3 Å². The van der Waals surface area contributed by atoms with E-state index in [1.165, 1.54) is 79.7 Å². The molecule has 0 atom stereocenters. The largest absolute Gasteiger partial charge is 0.493 e. The monoisotopic (exact) mass is 1020 g/mol. The average Bonchev–Trinajstić information content (AvgIpc) is 3.97. The standard InChI is InChI=1S/C18H17BrN2O2S.C18H17N2O2S.3C4H9.Sn/c1-10-7-13(14(19)8-11(10)2)18-21-20-17(24-18)12-5-6-15(22-3)16(9-12)23-4;1-11-5-6-13(9-12(11)2)17-19-20-18(23-17)14-7-8-15(21-3)16(10-14)22-4;3*1-3-4-2;/h5-9H,1-4H3;5,7-10H,1-4H3;3*1,3-4H2,2H3;. The number of rotatable bonds is 18. The summed E-state index contributed by atoms with van der Waals surface area (Å²) in [6.07, 6.45) is 7.88. The van der Waals surface area contributed by atoms with E-state index in [2.05, 4.69) is 104 Å². The van der Waals surface area contributed by atoms with Crippen LogP contribution in [0.5, 0.6) is 23.0 Å². The Kier molecular flexibility index (Phi) is 17.9. The van der Waals surface area contributed by atoms with Gasteiger partial charge in [0.1, 0.15) is 10.0 Å². The van der Waals surface area contributed by atoms with E-state index < -0.39 is 18.4 Å². The van der Waals surface area contributed by atoms with Gasteiger partial charge in [-0.05, 0) is 55.3 Å². The first-order chi connectivity index (χ1) is 29.0. The van der Waals surface area contributed by atoms with Crippen molar-refractivity contribution in [3.05, 3.63) is 87.4 Å². The maximum Gasteiger partial charge on any atom is 0.161 e. The van der Waals surface area contributed by atoms with Crippen LogP contribution in [0.1, 0.15) is 81.5 Å². The summed E-state index contributed by atoms with van der Waals surface area (Å²) in [6, 6.07) is 21.0. The van der Waals surface area contributed by atoms with Crippen molar-refractivity contribution < 1.29 is 18.9 Å². The average molecular weight is 1020 g/mol. The fourth-order valence-electron chi connectivity index (χ4n) is 7.54. The van der Waals surface area contributed by atoms with Gasteiger partial charge in [-0.3, -0.25) is 0 Å². The maximum atomic E-state index is 5.53. The molecule has 60 heavy (non-hydrogen) atoms. The molecule has 0 aliphatic carbocycles. The summed E-state index contributed by atoms with van der Waals surface area (Å²) >= 11 is 4.20. The molecular weight excluding hydrogens is 959 g/mol. The number of hydrogen-bond acceptors (Lipinski definition) is 10. The fourth-order valence-corrected chi connectivity index (χ4v) is 27.2. The zero-order chi connectivity index (χ0) is 43.4. The van der Waals surface area contributed by atoms with Gasteiger partial charge in [-0.2, -0.15) is 0 Å². The van der Waals surface area contributed by atoms with Gasteiger partial charge < -0.3 is 9.47 Å². The van der Waals surface area contributed by atoms with Crippen LogP contribution in [0.4, 0.5) is 0 Å². The van der Waals surface area contributed by atoms with Crippen molar-refractivity contribution in [2.45, 2.75) is 100 Å². The summed E-state index contributed by atoms with van der Waals surface area (Å²) in [6.45, 7) is 15.8. The molecule has 0 amide bonds. The molecule has 2 heterocycles. The van der Waals surface area contributed by atoms with Crippen LogP contribution in [0, 0.1) is 27.7 Å². The topological polar surface area (TPSA) is 88.5 Å². The Balaban J connectivity index is 0.000000246. The molecule has 0 N–H and O–H groups in total. The summed E-state index contributed by atoms with van der Waals surface area (Å²) in [7, 11) is 6.58. The van der Waals surface area contributed by atoms with Gasteiger partial charge in [0.15, 0.2) is 11.5 Å². The normalized spacial score (nSPS) is 11.3. The Hall–Kier alpha value is -3.52. The molecule has 6 aromatic rings. The Bertz CT molecular complexity index is 2320. The Labute approximate surface area is 378 Å². The van der Waals surface area contributed by atoms with Crippen molar-refractivity contribution in [2.75, 3.05) is 28.4 Å². The Morgan fingerprint density at radius 2 is 0.867 bits per heavy atom. The molecule has 0 bridgehead atoms. The van der Waals surface area contributed by atoms with Crippen molar-refractivity contribution in [1.29, 1.82) is 0 Å². The minimum atomic E-state index is -2.68. The molecule has 4 aromatic carbocycles. The number of aromatic nitrogens is 4. The van der Waals surface area contributed by atoms with Crippen LogP contribution >= 0.6 is 38.6 Å². The van der Waals surface area contributed by atoms with Gasteiger partial charge in [-0.1, -0.05) is 27.3 Å². The fraction of sp³-hybridized carbons (Fsp3) is 0.417. The first kappa shape index (κ1) is 47.5. The molecule has 0 unspecified atom stereocenters. The molecule has 0 fully saturated rings. The summed E-state index contributed by atoms with van der Waals surface area (Å²) < 4.78 is 28.7. The van der Waals surface area contributed by atoms with Crippen molar-refractivity contribution in [1.82, 2.24) is 20.4 Å². The van der Waals surface area contributed by atoms with E-state index in [4.69, 9.17) is 24.0 Å². The van der Waals surface area contributed by atoms with Crippen LogP contribution in [-0.2, 0) is 0 Å². The van der Waals surface area contributed by atoms with E-state index in [-0.39, 0.29) is 0 Å². The molecular formula is C48H61BrN4O4S2Sn. The number of nitrogens with zero attached hydrogens (tertiary/aromatic N) is 4. The molecule has 0 spiro atoms. The third-order valence-electron chi connectivity index (χ3n) is 11.4. The summed E-state index contributed by atoms with van der Waals surface area (Å²) in [4.78, 5) is 0. The molecule has 0 saturated heterocycles. The number of unbranched alkanes of at least 4 members (excludes halogenated alkanes) is 3. The number of ether oxygens (including phenoxy) is 4. The van der Waals surface area contributed by atoms with Crippen LogP contribution in [0.3, 0.4) is 0 Å². The van der Waals surface area contributed by atoms with E-state index >= 15 is 0 Å². The quantitative estimate of drug-likeness (QED) is 0.0787. The van der Waals surface area contributed by atoms with E-state index in [9.17, 15) is 0 Å². The predicted molar refractivity (Wildman–Crippen MR) is 259 cm³/mol. The predicted octanol–water partition coefficient (Wildman–Crippen LogP) is 13.8. The molecule has 6 rings (SSSR count). The van der Waals surface area contributed by atoms with Gasteiger partial charge in [0.25, 0.3) is 0 Å². The number of methoxy groups -OCH3 is 4. The second-order valence-electron chi connectivity index (χ2n) is 15.5. The molecule has 0 aliphatic rings. The van der Waals surface area contributed by atoms with E-state index in [1.807, 2.05) is 36.4 Å². The first-order valence-corrected chi connectivity index (χ1v) is 30.9. The van der Waals surface area contributed by atoms with Crippen molar-refractivity contribution in [3.63, 3.8) is 0 Å². The van der Waals surface area contributed by atoms with Gasteiger partial charge in [0, 0.05) is 15.6 Å². The van der Waals surface area contributed by atoms with Gasteiger partial charge in [0.2, 0.25) is 0 Å². The maximum absolute atomic E-state index is 5.53. The van der Waals surface area contributed by atoms with E-state index in [1.54, 1.807) is 54.7 Å². The van der Waals surface area contributed by atoms with Gasteiger partial charge >= 0.3 is 228 Å². The summed E-state index contributed by atoms with van der Waals surface area (Å²) in [5.41, 5.74) is 9.63. The van der Waals surface area contributed by atoms with Crippen LogP contribution in [0.25, 0.3) is 42.3 Å². The number of benzene rings is 4. The molecule has 0 radical (unpaired) electrons. The molecule has 12 heteroatoms. The number of hydrogen-bond donors (Lipinski definition) is 0. The van der Waals surface area contributed by atoms with Gasteiger partial charge in [0.05, 0.1) is 14.2 Å². The molecule has 320 valence electrons. The van der Waals surface area contributed by atoms with E-state index in [0.29, 0.717) is 17.2 Å². The summed E-state index contributed by atoms with van der Waals surface area (Å²) in [5, 5.41) is 21.8. The summed E-state index contributed by atoms with van der Waals surface area (Å²) in [5.74, 6) is 2.82. The smallest absolute Gasteiger partial charge is 0.161 e. The van der Waals surface area contributed by atoms with Gasteiger partial charge in [-0.25, -0.2) is 0 Å². The van der Waals surface area contributed by atoms with E-state index in [0.717, 1.165) is 46.9 Å². The minimum absolute atomic E-state index is 0.680. The molecule has 0 saturated carbocycles. The zero-order valence-electron chi connectivity index (χ0n) is 37.3. The zero-order valence-corrected chi connectivity index (χ0v) is 43.3. The van der Waals surface area contributed by atoms with Crippen LogP contribution in [0.2, 0.25) is 13.3 Å². The molecule has 2 aromatic heterocycles. The number of halogens is 1. The van der Waals surface area contributed by atoms with Crippen molar-refractivity contribution >= 4 is 60.6 Å². The van der Waals surface area contributed by atoms with Crippen molar-refractivity contribution in [2.24, 2.45) is 0 Å². The second kappa shape index (κ2) is 22.5. The number of aryl methyl sites for hydroxylation is 4. The Morgan fingerprint density at radius 3 is 1.30 bits per heavy atom. The van der Waals surface area contributed by atoms with Gasteiger partial charge in [-0.15, -0.1) is 10.2 Å². The third kappa shape index (κ3) is 11.3. The molecule has 8 nitrogen and oxygen atoms in total. The minimum Gasteiger partial charge on any atom is -0.493 e. The first-order valence-electron chi connectivity index (χ1n) is 21.0. The SMILES string of the molecule is CCC[CH2][Sn]([CH2]CCC)([CH2]CCC)[c]1cc(C)c(C)cc1-c1nnc(-c2ccc(OC)c(OC)c2)s1.COc1ccc(-c2nnc(-c3cc(C)c(C)cc3Br)s2)cc1OC.